The molecule has 1 heterocycles. The van der Waals surface area contributed by atoms with E-state index in [0.717, 1.165) is 32.4 Å². The molecule has 110 valence electrons. The van der Waals surface area contributed by atoms with Gasteiger partial charge in [-0.25, -0.2) is 0 Å². The van der Waals surface area contributed by atoms with Crippen molar-refractivity contribution in [2.45, 2.75) is 25.3 Å². The minimum atomic E-state index is -0.0251. The highest BCUT2D eigenvalue weighted by Crippen LogP contribution is 2.28. The van der Waals surface area contributed by atoms with Crippen molar-refractivity contribution in [1.82, 2.24) is 10.2 Å². The van der Waals surface area contributed by atoms with Gasteiger partial charge in [0.25, 0.3) is 5.91 Å². The summed E-state index contributed by atoms with van der Waals surface area (Å²) < 4.78 is 5.00. The lowest BCUT2D eigenvalue weighted by atomic mass is 10.0. The summed E-state index contributed by atoms with van der Waals surface area (Å²) in [4.78, 5) is 14.5. The molecule has 1 unspecified atom stereocenters. The number of likely N-dealkylation sites (tertiary alicyclic amines) is 1. The van der Waals surface area contributed by atoms with E-state index < -0.39 is 0 Å². The van der Waals surface area contributed by atoms with Gasteiger partial charge in [0.05, 0.1) is 7.11 Å². The van der Waals surface area contributed by atoms with E-state index in [0.29, 0.717) is 11.3 Å². The second kappa shape index (κ2) is 6.61. The van der Waals surface area contributed by atoms with E-state index in [4.69, 9.17) is 4.74 Å². The normalized spacial score (nSPS) is 18.9. The Bertz CT molecular complexity index is 474. The molecule has 0 bridgehead atoms. The molecule has 0 aromatic heterocycles. The summed E-state index contributed by atoms with van der Waals surface area (Å²) >= 11 is 0. The van der Waals surface area contributed by atoms with Crippen LogP contribution in [0.5, 0.6) is 11.5 Å². The van der Waals surface area contributed by atoms with Crippen LogP contribution in [0.3, 0.4) is 0 Å². The van der Waals surface area contributed by atoms with Gasteiger partial charge in [0.2, 0.25) is 0 Å². The van der Waals surface area contributed by atoms with Crippen molar-refractivity contribution in [3.8, 4) is 11.5 Å². The lowest BCUT2D eigenvalue weighted by Gasteiger charge is -2.35. The number of nitrogens with zero attached hydrogens (tertiary/aromatic N) is 1. The molecule has 0 radical (unpaired) electrons. The van der Waals surface area contributed by atoms with Crippen LogP contribution < -0.4 is 10.1 Å². The Morgan fingerprint density at radius 2 is 2.30 bits per heavy atom. The Hall–Kier alpha value is -1.75. The van der Waals surface area contributed by atoms with Gasteiger partial charge in [0.15, 0.2) is 11.5 Å². The van der Waals surface area contributed by atoms with Gasteiger partial charge < -0.3 is 20.1 Å². The van der Waals surface area contributed by atoms with Gasteiger partial charge in [0, 0.05) is 24.7 Å². The molecule has 1 aliphatic rings. The maximum Gasteiger partial charge on any atom is 0.254 e. The number of carbonyl (C=O) groups excluding carboxylic acids is 1. The van der Waals surface area contributed by atoms with Crippen LogP contribution in [0.15, 0.2) is 18.2 Å². The zero-order chi connectivity index (χ0) is 14.5. The van der Waals surface area contributed by atoms with Crippen LogP contribution in [0.4, 0.5) is 0 Å². The number of likely N-dealkylation sites (N-methyl/N-ethyl adjacent to an activating group) is 1. The van der Waals surface area contributed by atoms with Gasteiger partial charge >= 0.3 is 0 Å². The molecule has 1 amide bonds. The summed E-state index contributed by atoms with van der Waals surface area (Å²) in [5.41, 5.74) is 0.506. The number of phenolic OH excluding ortho intramolecular Hbond substituents is 1. The summed E-state index contributed by atoms with van der Waals surface area (Å²) in [5, 5.41) is 12.9. The molecule has 2 N–H and O–H groups in total. The molecule has 0 spiro atoms. The molecule has 1 aliphatic heterocycles. The van der Waals surface area contributed by atoms with Gasteiger partial charge in [-0.3, -0.25) is 4.79 Å². The number of rotatable bonds is 4. The van der Waals surface area contributed by atoms with Crippen molar-refractivity contribution < 1.29 is 14.6 Å². The maximum absolute atomic E-state index is 12.6. The zero-order valence-electron chi connectivity index (χ0n) is 12.1. The summed E-state index contributed by atoms with van der Waals surface area (Å²) in [6, 6.07) is 5.03. The summed E-state index contributed by atoms with van der Waals surface area (Å²) in [5.74, 6) is 0.357. The van der Waals surface area contributed by atoms with Gasteiger partial charge in [-0.05, 0) is 44.5 Å². The van der Waals surface area contributed by atoms with Gasteiger partial charge in [-0.15, -0.1) is 0 Å². The number of methoxy groups -OCH3 is 1. The van der Waals surface area contributed by atoms with Crippen molar-refractivity contribution in [3.63, 3.8) is 0 Å². The molecule has 2 rings (SSSR count). The number of benzene rings is 1. The predicted molar refractivity (Wildman–Crippen MR) is 77.3 cm³/mol. The first-order chi connectivity index (χ1) is 9.67. The largest absolute Gasteiger partial charge is 0.504 e. The number of hydrogen-bond donors (Lipinski definition) is 2. The van der Waals surface area contributed by atoms with Crippen molar-refractivity contribution in [2.24, 2.45) is 0 Å². The molecule has 5 heteroatoms. The van der Waals surface area contributed by atoms with Crippen LogP contribution in [-0.2, 0) is 0 Å². The van der Waals surface area contributed by atoms with E-state index in [1.807, 2.05) is 11.9 Å². The van der Waals surface area contributed by atoms with Crippen LogP contribution >= 0.6 is 0 Å². The molecule has 1 aromatic rings. The Morgan fingerprint density at radius 3 is 2.95 bits per heavy atom. The van der Waals surface area contributed by atoms with Crippen molar-refractivity contribution in [3.05, 3.63) is 23.8 Å². The molecule has 1 aromatic carbocycles. The topological polar surface area (TPSA) is 61.8 Å². The Balaban J connectivity index is 2.18. The number of nitrogens with one attached hydrogen (secondary N) is 1. The molecule has 1 atom stereocenters. The summed E-state index contributed by atoms with van der Waals surface area (Å²) in [6.45, 7) is 1.58. The minimum Gasteiger partial charge on any atom is -0.504 e. The average Bonchev–Trinajstić information content (AvgIpc) is 2.47. The van der Waals surface area contributed by atoms with Gasteiger partial charge in [0.1, 0.15) is 0 Å². The van der Waals surface area contributed by atoms with Gasteiger partial charge in [-0.2, -0.15) is 0 Å². The quantitative estimate of drug-likeness (QED) is 0.878. The smallest absolute Gasteiger partial charge is 0.254 e. The van der Waals surface area contributed by atoms with Gasteiger partial charge in [-0.1, -0.05) is 0 Å². The first-order valence-electron chi connectivity index (χ1n) is 7.00. The number of phenols is 1. The van der Waals surface area contributed by atoms with E-state index in [2.05, 4.69) is 5.32 Å². The third-order valence-corrected chi connectivity index (χ3v) is 3.75. The number of carbonyl (C=O) groups is 1. The number of ether oxygens (including phenoxy) is 1. The highest BCUT2D eigenvalue weighted by Gasteiger charge is 2.27. The molecular formula is C15H22N2O3. The molecule has 5 nitrogen and oxygen atoms in total. The van der Waals surface area contributed by atoms with E-state index in [-0.39, 0.29) is 17.7 Å². The average molecular weight is 278 g/mol. The fourth-order valence-corrected chi connectivity index (χ4v) is 2.70. The van der Waals surface area contributed by atoms with Crippen molar-refractivity contribution >= 4 is 5.91 Å². The molecule has 0 saturated carbocycles. The first kappa shape index (κ1) is 14.7. The monoisotopic (exact) mass is 278 g/mol. The number of amides is 1. The summed E-state index contributed by atoms with van der Waals surface area (Å²) in [6.07, 6.45) is 3.22. The lowest BCUT2D eigenvalue weighted by Crippen LogP contribution is -2.48. The van der Waals surface area contributed by atoms with E-state index in [1.54, 1.807) is 12.1 Å². The third kappa shape index (κ3) is 3.04. The van der Waals surface area contributed by atoms with E-state index in [1.165, 1.54) is 13.2 Å². The molecule has 1 saturated heterocycles. The number of piperidine rings is 1. The second-order valence-corrected chi connectivity index (χ2v) is 5.09. The summed E-state index contributed by atoms with van der Waals surface area (Å²) in [7, 11) is 3.39. The predicted octanol–water partition coefficient (Wildman–Crippen LogP) is 1.61. The maximum atomic E-state index is 12.6. The molecular weight excluding hydrogens is 256 g/mol. The molecule has 20 heavy (non-hydrogen) atoms. The van der Waals surface area contributed by atoms with Crippen LogP contribution in [0.2, 0.25) is 0 Å². The molecule has 0 aliphatic carbocycles. The fourth-order valence-electron chi connectivity index (χ4n) is 2.70. The molecule has 1 fully saturated rings. The van der Waals surface area contributed by atoms with Crippen molar-refractivity contribution in [1.29, 1.82) is 0 Å². The Labute approximate surface area is 119 Å². The van der Waals surface area contributed by atoms with Crippen LogP contribution in [0, 0.1) is 0 Å². The SMILES string of the molecule is CNCC1CCCCN1C(=O)c1ccc(OC)c(O)c1. The van der Waals surface area contributed by atoms with E-state index >= 15 is 0 Å². The highest BCUT2D eigenvalue weighted by molar-refractivity contribution is 5.95. The lowest BCUT2D eigenvalue weighted by molar-refractivity contribution is 0.0614. The second-order valence-electron chi connectivity index (χ2n) is 5.09. The van der Waals surface area contributed by atoms with Crippen LogP contribution in [0.1, 0.15) is 29.6 Å². The Kier molecular flexibility index (Phi) is 4.84. The van der Waals surface area contributed by atoms with Crippen LogP contribution in [0.25, 0.3) is 0 Å². The highest BCUT2D eigenvalue weighted by atomic mass is 16.5. The van der Waals surface area contributed by atoms with Crippen LogP contribution in [-0.4, -0.2) is 49.2 Å². The zero-order valence-corrected chi connectivity index (χ0v) is 12.1. The first-order valence-corrected chi connectivity index (χ1v) is 7.00. The fraction of sp³-hybridized carbons (Fsp3) is 0.533. The van der Waals surface area contributed by atoms with E-state index in [9.17, 15) is 9.90 Å². The number of hydrogen-bond acceptors (Lipinski definition) is 4. The standard InChI is InChI=1S/C15H22N2O3/c1-16-10-12-5-3-4-8-17(12)15(19)11-6-7-14(20-2)13(18)9-11/h6-7,9,12,16,18H,3-5,8,10H2,1-2H3. The van der Waals surface area contributed by atoms with Crippen molar-refractivity contribution in [2.75, 3.05) is 27.2 Å². The minimum absolute atomic E-state index is 0.000487. The Morgan fingerprint density at radius 1 is 1.50 bits per heavy atom. The third-order valence-electron chi connectivity index (χ3n) is 3.75. The number of aromatic hydroxyl groups is 1.